The first kappa shape index (κ1) is 20.8. The Morgan fingerprint density at radius 2 is 1.79 bits per heavy atom. The minimum Gasteiger partial charge on any atom is -0.381 e. The van der Waals surface area contributed by atoms with Crippen LogP contribution >= 0.6 is 0 Å². The highest BCUT2D eigenvalue weighted by molar-refractivity contribution is 7.89. The van der Waals surface area contributed by atoms with E-state index in [0.717, 1.165) is 32.1 Å². The number of rotatable bonds is 10. The molecular formula is C21H29N3O3S. The normalized spacial score (nSPS) is 15.4. The van der Waals surface area contributed by atoms with E-state index < -0.39 is 10.0 Å². The van der Waals surface area contributed by atoms with Gasteiger partial charge in [0.25, 0.3) is 0 Å². The van der Waals surface area contributed by atoms with Gasteiger partial charge in [0.05, 0.1) is 6.61 Å². The van der Waals surface area contributed by atoms with Crippen LogP contribution in [-0.2, 0) is 21.2 Å². The Bertz CT molecular complexity index is 822. The van der Waals surface area contributed by atoms with Crippen LogP contribution < -0.4 is 5.32 Å². The molecule has 1 aliphatic rings. The number of ether oxygens (including phenoxy) is 1. The maximum Gasteiger partial charge on any atom is 0.246 e. The number of hydrogen-bond donors (Lipinski definition) is 1. The van der Waals surface area contributed by atoms with E-state index in [1.165, 1.54) is 5.56 Å². The van der Waals surface area contributed by atoms with Crippen LogP contribution in [0.2, 0.25) is 0 Å². The van der Waals surface area contributed by atoms with Crippen LogP contribution in [0.4, 0.5) is 5.82 Å². The number of nitrogens with zero attached hydrogens (tertiary/aromatic N) is 2. The molecule has 0 radical (unpaired) electrons. The predicted molar refractivity (Wildman–Crippen MR) is 111 cm³/mol. The van der Waals surface area contributed by atoms with E-state index in [9.17, 15) is 8.42 Å². The van der Waals surface area contributed by atoms with Gasteiger partial charge >= 0.3 is 0 Å². The van der Waals surface area contributed by atoms with Gasteiger partial charge in [-0.3, -0.25) is 0 Å². The van der Waals surface area contributed by atoms with Gasteiger partial charge in [-0.15, -0.1) is 0 Å². The summed E-state index contributed by atoms with van der Waals surface area (Å²) in [4.78, 5) is 4.52. The van der Waals surface area contributed by atoms with Gasteiger partial charge in [-0.1, -0.05) is 36.8 Å². The van der Waals surface area contributed by atoms with Crippen molar-refractivity contribution in [2.75, 3.05) is 38.2 Å². The molecule has 3 rings (SSSR count). The summed E-state index contributed by atoms with van der Waals surface area (Å²) < 4.78 is 33.1. The Balaban J connectivity index is 1.45. The van der Waals surface area contributed by atoms with Crippen molar-refractivity contribution in [3.8, 4) is 0 Å². The largest absolute Gasteiger partial charge is 0.381 e. The molecule has 1 aromatic heterocycles. The lowest BCUT2D eigenvalue weighted by atomic mass is 10.2. The van der Waals surface area contributed by atoms with Gasteiger partial charge in [0.15, 0.2) is 0 Å². The Labute approximate surface area is 168 Å². The van der Waals surface area contributed by atoms with E-state index in [0.29, 0.717) is 38.7 Å². The van der Waals surface area contributed by atoms with Gasteiger partial charge in [-0.25, -0.2) is 13.4 Å². The van der Waals surface area contributed by atoms with Crippen molar-refractivity contribution in [2.45, 2.75) is 37.0 Å². The van der Waals surface area contributed by atoms with E-state index in [2.05, 4.69) is 22.4 Å². The van der Waals surface area contributed by atoms with Crippen LogP contribution in [0.5, 0.6) is 0 Å². The molecule has 152 valence electrons. The summed E-state index contributed by atoms with van der Waals surface area (Å²) in [5.74, 6) is 0.428. The lowest BCUT2D eigenvalue weighted by Gasteiger charge is -2.26. The highest BCUT2D eigenvalue weighted by atomic mass is 32.2. The molecule has 2 aromatic rings. The summed E-state index contributed by atoms with van der Waals surface area (Å²) >= 11 is 0. The van der Waals surface area contributed by atoms with E-state index in [-0.39, 0.29) is 4.90 Å². The molecule has 1 saturated heterocycles. The quantitative estimate of drug-likeness (QED) is 0.616. The monoisotopic (exact) mass is 403 g/mol. The summed E-state index contributed by atoms with van der Waals surface area (Å²) in [6.45, 7) is 3.10. The van der Waals surface area contributed by atoms with Gasteiger partial charge in [-0.2, -0.15) is 4.31 Å². The molecule has 1 fully saturated rings. The second-order valence-electron chi connectivity index (χ2n) is 6.94. The zero-order valence-electron chi connectivity index (χ0n) is 16.2. The molecule has 7 heteroatoms. The topological polar surface area (TPSA) is 71.5 Å². The number of aromatic nitrogens is 1. The summed E-state index contributed by atoms with van der Waals surface area (Å²) in [5, 5.41) is 3.17. The maximum absolute atomic E-state index is 12.9. The average Bonchev–Trinajstić information content (AvgIpc) is 2.74. The molecule has 1 aromatic carbocycles. The van der Waals surface area contributed by atoms with Crippen LogP contribution in [0.25, 0.3) is 0 Å². The van der Waals surface area contributed by atoms with Crippen molar-refractivity contribution in [3.63, 3.8) is 0 Å². The minimum absolute atomic E-state index is 0.266. The molecule has 0 amide bonds. The summed E-state index contributed by atoms with van der Waals surface area (Å²) in [6, 6.07) is 13.6. The van der Waals surface area contributed by atoms with Crippen LogP contribution in [0, 0.1) is 0 Å². The summed E-state index contributed by atoms with van der Waals surface area (Å²) in [5.41, 5.74) is 1.27. The Morgan fingerprint density at radius 1 is 1.00 bits per heavy atom. The minimum atomic E-state index is -3.50. The fourth-order valence-corrected chi connectivity index (χ4v) is 4.93. The van der Waals surface area contributed by atoms with Crippen molar-refractivity contribution in [2.24, 2.45) is 0 Å². The van der Waals surface area contributed by atoms with Gasteiger partial charge in [0, 0.05) is 32.4 Å². The third-order valence-electron chi connectivity index (χ3n) is 4.84. The molecule has 0 bridgehead atoms. The molecular weight excluding hydrogens is 374 g/mol. The third kappa shape index (κ3) is 5.77. The summed E-state index contributed by atoms with van der Waals surface area (Å²) in [7, 11) is -3.50. The fourth-order valence-electron chi connectivity index (χ4n) is 3.29. The van der Waals surface area contributed by atoms with E-state index in [1.54, 1.807) is 22.6 Å². The molecule has 2 heterocycles. The lowest BCUT2D eigenvalue weighted by molar-refractivity contribution is 0.137. The molecule has 0 atom stereocenters. The first-order valence-corrected chi connectivity index (χ1v) is 11.4. The number of piperidine rings is 1. The zero-order valence-corrected chi connectivity index (χ0v) is 17.0. The molecule has 0 aliphatic carbocycles. The van der Waals surface area contributed by atoms with Crippen molar-refractivity contribution in [1.82, 2.24) is 9.29 Å². The Morgan fingerprint density at radius 3 is 2.57 bits per heavy atom. The molecule has 1 aliphatic heterocycles. The molecule has 0 unspecified atom stereocenters. The average molecular weight is 404 g/mol. The second kappa shape index (κ2) is 10.5. The highest BCUT2D eigenvalue weighted by Crippen LogP contribution is 2.25. The summed E-state index contributed by atoms with van der Waals surface area (Å²) in [6.07, 6.45) is 6.23. The third-order valence-corrected chi connectivity index (χ3v) is 6.77. The second-order valence-corrected chi connectivity index (χ2v) is 8.85. The smallest absolute Gasteiger partial charge is 0.246 e. The molecule has 6 nitrogen and oxygen atoms in total. The number of sulfonamides is 1. The van der Waals surface area contributed by atoms with E-state index in [1.807, 2.05) is 18.2 Å². The van der Waals surface area contributed by atoms with Crippen molar-refractivity contribution in [1.29, 1.82) is 0 Å². The van der Waals surface area contributed by atoms with Crippen LogP contribution in [0.1, 0.15) is 31.2 Å². The zero-order chi connectivity index (χ0) is 19.7. The predicted octanol–water partition coefficient (Wildman–Crippen LogP) is 3.32. The van der Waals surface area contributed by atoms with Crippen LogP contribution in [0.15, 0.2) is 53.6 Å². The van der Waals surface area contributed by atoms with Crippen molar-refractivity contribution >= 4 is 15.8 Å². The van der Waals surface area contributed by atoms with Crippen molar-refractivity contribution in [3.05, 3.63) is 54.2 Å². The molecule has 0 spiro atoms. The van der Waals surface area contributed by atoms with Gasteiger partial charge in [-0.05, 0) is 43.4 Å². The number of nitrogens with one attached hydrogen (secondary N) is 1. The molecule has 28 heavy (non-hydrogen) atoms. The van der Waals surface area contributed by atoms with Crippen LogP contribution in [-0.4, -0.2) is 50.6 Å². The first-order valence-electron chi connectivity index (χ1n) is 9.98. The Hall–Kier alpha value is -1.96. The van der Waals surface area contributed by atoms with Gasteiger partial charge in [0.2, 0.25) is 10.0 Å². The number of pyridine rings is 1. The van der Waals surface area contributed by atoms with E-state index in [4.69, 9.17) is 4.74 Å². The van der Waals surface area contributed by atoms with Gasteiger partial charge in [0.1, 0.15) is 10.7 Å². The molecule has 0 saturated carbocycles. The fraction of sp³-hybridized carbons (Fsp3) is 0.476. The maximum atomic E-state index is 12.9. The van der Waals surface area contributed by atoms with E-state index >= 15 is 0 Å². The number of anilines is 1. The lowest BCUT2D eigenvalue weighted by Crippen LogP contribution is -2.36. The van der Waals surface area contributed by atoms with Gasteiger partial charge < -0.3 is 10.1 Å². The first-order chi connectivity index (χ1) is 13.7. The SMILES string of the molecule is O=S(=O)(c1cccnc1NCCCOCCc1ccccc1)N1CCCCC1. The van der Waals surface area contributed by atoms with Crippen molar-refractivity contribution < 1.29 is 13.2 Å². The van der Waals surface area contributed by atoms with Crippen LogP contribution in [0.3, 0.4) is 0 Å². The number of benzene rings is 1. The highest BCUT2D eigenvalue weighted by Gasteiger charge is 2.28. The standard InChI is InChI=1S/C21H29N3O3S/c25-28(26,24-15-5-2-6-16-24)20-11-7-13-22-21(20)23-14-8-17-27-18-12-19-9-3-1-4-10-19/h1,3-4,7,9-11,13H,2,5-6,8,12,14-18H2,(H,22,23). The number of hydrogen-bond acceptors (Lipinski definition) is 5. The molecule has 1 N–H and O–H groups in total. The Kier molecular flexibility index (Phi) is 7.82.